The molecule has 0 aromatic heterocycles. The van der Waals surface area contributed by atoms with Gasteiger partial charge in [-0.25, -0.2) is 0 Å². The van der Waals surface area contributed by atoms with Crippen LogP contribution < -0.4 is 0 Å². The SMILES string of the molecule is CN(C(=O)c1ccc(S)cc1)C1CCOC1. The molecular weight excluding hydrogens is 222 g/mol. The van der Waals surface area contributed by atoms with Crippen LogP contribution in [0.5, 0.6) is 0 Å². The van der Waals surface area contributed by atoms with E-state index in [-0.39, 0.29) is 11.9 Å². The van der Waals surface area contributed by atoms with Gasteiger partial charge in [-0.15, -0.1) is 12.6 Å². The summed E-state index contributed by atoms with van der Waals surface area (Å²) in [4.78, 5) is 14.7. The second kappa shape index (κ2) is 4.89. The van der Waals surface area contributed by atoms with Crippen LogP contribution in [0.15, 0.2) is 29.2 Å². The van der Waals surface area contributed by atoms with Gasteiger partial charge in [-0.1, -0.05) is 0 Å². The van der Waals surface area contributed by atoms with E-state index in [1.165, 1.54) is 0 Å². The van der Waals surface area contributed by atoms with Gasteiger partial charge < -0.3 is 9.64 Å². The molecule has 0 bridgehead atoms. The Balaban J connectivity index is 2.08. The lowest BCUT2D eigenvalue weighted by molar-refractivity contribution is 0.0711. The number of carbonyl (C=O) groups is 1. The molecule has 1 aromatic carbocycles. The first kappa shape index (κ1) is 11.5. The van der Waals surface area contributed by atoms with Gasteiger partial charge in [0.25, 0.3) is 5.91 Å². The zero-order valence-corrected chi connectivity index (χ0v) is 10.1. The summed E-state index contributed by atoms with van der Waals surface area (Å²) < 4.78 is 5.28. The summed E-state index contributed by atoms with van der Waals surface area (Å²) in [5, 5.41) is 0. The monoisotopic (exact) mass is 237 g/mol. The minimum absolute atomic E-state index is 0.0452. The summed E-state index contributed by atoms with van der Waals surface area (Å²) in [7, 11) is 1.83. The first-order chi connectivity index (χ1) is 7.68. The highest BCUT2D eigenvalue weighted by Crippen LogP contribution is 2.15. The van der Waals surface area contributed by atoms with Gasteiger partial charge in [0, 0.05) is 24.1 Å². The zero-order chi connectivity index (χ0) is 11.5. The van der Waals surface area contributed by atoms with Crippen molar-refractivity contribution in [2.75, 3.05) is 20.3 Å². The third kappa shape index (κ3) is 2.39. The van der Waals surface area contributed by atoms with Gasteiger partial charge in [-0.2, -0.15) is 0 Å². The molecule has 0 N–H and O–H groups in total. The van der Waals surface area contributed by atoms with Gasteiger partial charge in [-0.05, 0) is 30.7 Å². The number of hydrogen-bond donors (Lipinski definition) is 1. The molecule has 1 aromatic rings. The zero-order valence-electron chi connectivity index (χ0n) is 9.22. The highest BCUT2D eigenvalue weighted by molar-refractivity contribution is 7.80. The van der Waals surface area contributed by atoms with Crippen molar-refractivity contribution in [2.45, 2.75) is 17.4 Å². The molecule has 1 atom stereocenters. The van der Waals surface area contributed by atoms with Crippen molar-refractivity contribution in [3.8, 4) is 0 Å². The number of hydrogen-bond acceptors (Lipinski definition) is 3. The Kier molecular flexibility index (Phi) is 3.51. The molecule has 0 radical (unpaired) electrons. The lowest BCUT2D eigenvalue weighted by Gasteiger charge is -2.23. The molecule has 0 aliphatic carbocycles. The van der Waals surface area contributed by atoms with E-state index >= 15 is 0 Å². The summed E-state index contributed by atoms with van der Waals surface area (Å²) in [6, 6.07) is 7.47. The number of rotatable bonds is 2. The van der Waals surface area contributed by atoms with Crippen molar-refractivity contribution in [3.63, 3.8) is 0 Å². The number of carbonyl (C=O) groups excluding carboxylic acids is 1. The lowest BCUT2D eigenvalue weighted by Crippen LogP contribution is -2.37. The molecule has 1 heterocycles. The topological polar surface area (TPSA) is 29.5 Å². The molecule has 3 nitrogen and oxygen atoms in total. The molecular formula is C12H15NO2S. The van der Waals surface area contributed by atoms with E-state index in [2.05, 4.69) is 12.6 Å². The maximum Gasteiger partial charge on any atom is 0.253 e. The predicted molar refractivity (Wildman–Crippen MR) is 65.0 cm³/mol. The Morgan fingerprint density at radius 1 is 1.44 bits per heavy atom. The average molecular weight is 237 g/mol. The van der Waals surface area contributed by atoms with E-state index in [1.54, 1.807) is 17.0 Å². The molecule has 1 aliphatic rings. The Hall–Kier alpha value is -1.00. The second-order valence-electron chi connectivity index (χ2n) is 3.98. The number of likely N-dealkylation sites (N-methyl/N-ethyl adjacent to an activating group) is 1. The van der Waals surface area contributed by atoms with Crippen LogP contribution in [0.1, 0.15) is 16.8 Å². The van der Waals surface area contributed by atoms with E-state index < -0.39 is 0 Å². The van der Waals surface area contributed by atoms with Gasteiger partial charge in [0.05, 0.1) is 12.6 Å². The molecule has 1 unspecified atom stereocenters. The Morgan fingerprint density at radius 3 is 2.69 bits per heavy atom. The van der Waals surface area contributed by atoms with Crippen molar-refractivity contribution in [3.05, 3.63) is 29.8 Å². The predicted octanol–water partition coefficient (Wildman–Crippen LogP) is 1.84. The van der Waals surface area contributed by atoms with Gasteiger partial charge in [0.2, 0.25) is 0 Å². The van der Waals surface area contributed by atoms with E-state index in [9.17, 15) is 4.79 Å². The Labute approximate surface area is 101 Å². The smallest absolute Gasteiger partial charge is 0.253 e. The van der Waals surface area contributed by atoms with E-state index in [0.717, 1.165) is 17.9 Å². The average Bonchev–Trinajstić information content (AvgIpc) is 2.81. The van der Waals surface area contributed by atoms with Crippen LogP contribution >= 0.6 is 12.6 Å². The number of nitrogens with zero attached hydrogens (tertiary/aromatic N) is 1. The number of thiol groups is 1. The molecule has 1 fully saturated rings. The normalized spacial score (nSPS) is 19.8. The fourth-order valence-corrected chi connectivity index (χ4v) is 1.95. The quantitative estimate of drug-likeness (QED) is 0.795. The van der Waals surface area contributed by atoms with Crippen LogP contribution in [0.2, 0.25) is 0 Å². The summed E-state index contributed by atoms with van der Waals surface area (Å²) in [5.41, 5.74) is 0.701. The highest BCUT2D eigenvalue weighted by Gasteiger charge is 2.24. The Morgan fingerprint density at radius 2 is 2.12 bits per heavy atom. The molecule has 2 rings (SSSR count). The molecule has 0 saturated carbocycles. The Bertz CT molecular complexity index is 371. The van der Waals surface area contributed by atoms with Gasteiger partial charge in [-0.3, -0.25) is 4.79 Å². The third-order valence-corrected chi connectivity index (χ3v) is 3.19. The molecule has 16 heavy (non-hydrogen) atoms. The van der Waals surface area contributed by atoms with Crippen molar-refractivity contribution in [1.29, 1.82) is 0 Å². The first-order valence-electron chi connectivity index (χ1n) is 5.32. The lowest BCUT2D eigenvalue weighted by atomic mass is 10.1. The first-order valence-corrected chi connectivity index (χ1v) is 5.77. The van der Waals surface area contributed by atoms with Crippen molar-refractivity contribution >= 4 is 18.5 Å². The minimum Gasteiger partial charge on any atom is -0.379 e. The van der Waals surface area contributed by atoms with E-state index in [0.29, 0.717) is 12.2 Å². The standard InChI is InChI=1S/C12H15NO2S/c1-13(10-6-7-15-8-10)12(14)9-2-4-11(16)5-3-9/h2-5,10,16H,6-8H2,1H3. The minimum atomic E-state index is 0.0452. The number of ether oxygens (including phenoxy) is 1. The summed E-state index contributed by atoms with van der Waals surface area (Å²) in [6.45, 7) is 1.39. The molecule has 1 aliphatic heterocycles. The van der Waals surface area contributed by atoms with Crippen LogP contribution in [-0.4, -0.2) is 37.1 Å². The maximum atomic E-state index is 12.1. The van der Waals surface area contributed by atoms with Crippen molar-refractivity contribution < 1.29 is 9.53 Å². The number of amides is 1. The molecule has 4 heteroatoms. The summed E-state index contributed by atoms with van der Waals surface area (Å²) in [5.74, 6) is 0.0452. The maximum absolute atomic E-state index is 12.1. The molecule has 86 valence electrons. The molecule has 1 saturated heterocycles. The van der Waals surface area contributed by atoms with Gasteiger partial charge >= 0.3 is 0 Å². The molecule has 0 spiro atoms. The van der Waals surface area contributed by atoms with Crippen LogP contribution in [-0.2, 0) is 4.74 Å². The van der Waals surface area contributed by atoms with Crippen LogP contribution in [0, 0.1) is 0 Å². The fourth-order valence-electron chi connectivity index (χ4n) is 1.80. The third-order valence-electron chi connectivity index (χ3n) is 2.89. The molecule has 1 amide bonds. The second-order valence-corrected chi connectivity index (χ2v) is 4.50. The largest absolute Gasteiger partial charge is 0.379 e. The summed E-state index contributed by atoms with van der Waals surface area (Å²) >= 11 is 4.19. The van der Waals surface area contributed by atoms with E-state index in [1.807, 2.05) is 19.2 Å². The highest BCUT2D eigenvalue weighted by atomic mass is 32.1. The van der Waals surface area contributed by atoms with Crippen LogP contribution in [0.3, 0.4) is 0 Å². The van der Waals surface area contributed by atoms with Gasteiger partial charge in [0.15, 0.2) is 0 Å². The summed E-state index contributed by atoms with van der Waals surface area (Å²) in [6.07, 6.45) is 0.924. The fraction of sp³-hybridized carbons (Fsp3) is 0.417. The number of benzene rings is 1. The van der Waals surface area contributed by atoms with E-state index in [4.69, 9.17) is 4.74 Å². The van der Waals surface area contributed by atoms with Crippen LogP contribution in [0.25, 0.3) is 0 Å². The van der Waals surface area contributed by atoms with Crippen LogP contribution in [0.4, 0.5) is 0 Å². The van der Waals surface area contributed by atoms with Crippen molar-refractivity contribution in [1.82, 2.24) is 4.90 Å². The van der Waals surface area contributed by atoms with Crippen molar-refractivity contribution in [2.24, 2.45) is 0 Å². The van der Waals surface area contributed by atoms with Gasteiger partial charge in [0.1, 0.15) is 0 Å².